The molecule has 1 amide bonds. The largest absolute Gasteiger partial charge is 0.508 e. The average Bonchev–Trinajstić information content (AvgIpc) is 2.68. The molecule has 30 heavy (non-hydrogen) atoms. The highest BCUT2D eigenvalue weighted by Gasteiger charge is 2.64. The number of phenolic OH excluding ortho intramolecular Hbond substituents is 1. The monoisotopic (exact) mass is 413 g/mol. The predicted octanol–water partition coefficient (Wildman–Crippen LogP) is 0.410. The fraction of sp³-hybridized carbons (Fsp3) is 0.333. The van der Waals surface area contributed by atoms with Crippen molar-refractivity contribution in [3.05, 3.63) is 46.2 Å². The number of rotatable bonds is 2. The lowest BCUT2D eigenvalue weighted by atomic mass is 9.52. The van der Waals surface area contributed by atoms with Crippen LogP contribution in [0.15, 0.2) is 35.1 Å². The second-order valence-electron chi connectivity index (χ2n) is 7.95. The van der Waals surface area contributed by atoms with Crippen LogP contribution in [-0.4, -0.2) is 49.8 Å². The van der Waals surface area contributed by atoms with Crippen molar-refractivity contribution in [3.63, 3.8) is 0 Å². The van der Waals surface area contributed by atoms with E-state index < -0.39 is 70.3 Å². The number of amides is 1. The van der Waals surface area contributed by atoms with Crippen LogP contribution in [0.25, 0.3) is 5.76 Å². The first-order valence-electron chi connectivity index (χ1n) is 9.31. The number of fused-ring (bicyclic) bond motifs is 3. The van der Waals surface area contributed by atoms with Crippen LogP contribution >= 0.6 is 0 Å². The van der Waals surface area contributed by atoms with Gasteiger partial charge in [0.25, 0.3) is 5.91 Å². The highest BCUT2D eigenvalue weighted by Crippen LogP contribution is 2.57. The SMILES string of the molecule is C[C@H]1c2cccc(O)c2C(O)=C2C(=O)[C@]3(O)C(O)=C(C(N)=O)C(=O)C[C@@H]3[C@@H](C=O)[C@@H]21. The van der Waals surface area contributed by atoms with Crippen LogP contribution in [0.4, 0.5) is 0 Å². The van der Waals surface area contributed by atoms with Gasteiger partial charge in [-0.15, -0.1) is 0 Å². The van der Waals surface area contributed by atoms with Gasteiger partial charge in [0.1, 0.15) is 29.1 Å². The molecule has 0 unspecified atom stereocenters. The molecule has 0 saturated heterocycles. The van der Waals surface area contributed by atoms with Crippen LogP contribution in [0, 0.1) is 17.8 Å². The fourth-order valence-electron chi connectivity index (χ4n) is 5.24. The quantitative estimate of drug-likeness (QED) is 0.342. The third kappa shape index (κ3) is 2.20. The minimum Gasteiger partial charge on any atom is -0.508 e. The van der Waals surface area contributed by atoms with E-state index in [0.717, 1.165) is 0 Å². The summed E-state index contributed by atoms with van der Waals surface area (Å²) in [7, 11) is 0. The van der Waals surface area contributed by atoms with Gasteiger partial charge in [-0.2, -0.15) is 0 Å². The zero-order valence-electron chi connectivity index (χ0n) is 15.8. The molecule has 6 N–H and O–H groups in total. The topological polar surface area (TPSA) is 175 Å². The van der Waals surface area contributed by atoms with Gasteiger partial charge in [0.15, 0.2) is 11.4 Å². The van der Waals surface area contributed by atoms with Gasteiger partial charge < -0.3 is 31.0 Å². The Morgan fingerprint density at radius 3 is 2.50 bits per heavy atom. The highest BCUT2D eigenvalue weighted by molar-refractivity contribution is 6.23. The van der Waals surface area contributed by atoms with E-state index in [2.05, 4.69) is 0 Å². The Labute approximate surface area is 170 Å². The summed E-state index contributed by atoms with van der Waals surface area (Å²) in [5.74, 6) is -9.43. The van der Waals surface area contributed by atoms with E-state index in [0.29, 0.717) is 11.8 Å². The zero-order chi connectivity index (χ0) is 22.1. The number of hydrogen-bond acceptors (Lipinski definition) is 8. The van der Waals surface area contributed by atoms with Gasteiger partial charge in [-0.3, -0.25) is 14.4 Å². The number of ketones is 2. The van der Waals surface area contributed by atoms with Crippen LogP contribution in [0.5, 0.6) is 5.75 Å². The minimum absolute atomic E-state index is 0.0122. The Balaban J connectivity index is 2.05. The van der Waals surface area contributed by atoms with Gasteiger partial charge in [0, 0.05) is 29.7 Å². The van der Waals surface area contributed by atoms with Gasteiger partial charge in [0.2, 0.25) is 5.78 Å². The molecule has 0 bridgehead atoms. The third-order valence-electron chi connectivity index (χ3n) is 6.62. The molecule has 3 aliphatic rings. The van der Waals surface area contributed by atoms with E-state index in [1.807, 2.05) is 0 Å². The molecule has 1 aromatic carbocycles. The van der Waals surface area contributed by atoms with Gasteiger partial charge >= 0.3 is 0 Å². The van der Waals surface area contributed by atoms with Crippen molar-refractivity contribution in [1.29, 1.82) is 0 Å². The molecule has 3 aliphatic carbocycles. The van der Waals surface area contributed by atoms with Gasteiger partial charge in [-0.1, -0.05) is 19.1 Å². The van der Waals surface area contributed by atoms with E-state index in [9.17, 15) is 39.6 Å². The van der Waals surface area contributed by atoms with Crippen molar-refractivity contribution in [2.75, 3.05) is 0 Å². The summed E-state index contributed by atoms with van der Waals surface area (Å²) in [5.41, 5.74) is 1.58. The molecular weight excluding hydrogens is 394 g/mol. The maximum absolute atomic E-state index is 13.4. The highest BCUT2D eigenvalue weighted by atomic mass is 16.3. The third-order valence-corrected chi connectivity index (χ3v) is 6.62. The first-order valence-corrected chi connectivity index (χ1v) is 9.31. The van der Waals surface area contributed by atoms with E-state index >= 15 is 0 Å². The number of carbonyl (C=O) groups is 4. The number of benzene rings is 1. The number of hydrogen-bond donors (Lipinski definition) is 5. The normalized spacial score (nSPS) is 33.0. The molecule has 0 heterocycles. The second-order valence-corrected chi connectivity index (χ2v) is 7.95. The van der Waals surface area contributed by atoms with Crippen molar-refractivity contribution in [1.82, 2.24) is 0 Å². The minimum atomic E-state index is -2.79. The molecule has 5 atom stereocenters. The van der Waals surface area contributed by atoms with Crippen LogP contribution in [0.1, 0.15) is 30.4 Å². The summed E-state index contributed by atoms with van der Waals surface area (Å²) in [5, 5.41) is 42.9. The molecule has 156 valence electrons. The fourth-order valence-corrected chi connectivity index (χ4v) is 5.24. The second kappa shape index (κ2) is 6.27. The number of nitrogens with two attached hydrogens (primary N) is 1. The van der Waals surface area contributed by atoms with Crippen molar-refractivity contribution >= 4 is 29.5 Å². The summed E-state index contributed by atoms with van der Waals surface area (Å²) in [6.07, 6.45) is -0.0850. The summed E-state index contributed by atoms with van der Waals surface area (Å²) in [6.45, 7) is 1.69. The van der Waals surface area contributed by atoms with E-state index in [1.165, 1.54) is 6.07 Å². The van der Waals surface area contributed by atoms with Crippen molar-refractivity contribution in [2.45, 2.75) is 24.9 Å². The van der Waals surface area contributed by atoms with Crippen LogP contribution in [0.3, 0.4) is 0 Å². The van der Waals surface area contributed by atoms with Crippen LogP contribution in [0.2, 0.25) is 0 Å². The molecule has 1 saturated carbocycles. The molecular formula is C21H19NO8. The molecule has 1 fully saturated rings. The maximum atomic E-state index is 13.4. The Morgan fingerprint density at radius 1 is 1.23 bits per heavy atom. The maximum Gasteiger partial charge on any atom is 0.255 e. The summed E-state index contributed by atoms with van der Waals surface area (Å²) in [4.78, 5) is 49.6. The molecule has 9 heteroatoms. The number of aldehydes is 1. The summed E-state index contributed by atoms with van der Waals surface area (Å²) >= 11 is 0. The number of primary amides is 1. The number of aromatic hydroxyl groups is 1. The molecule has 4 rings (SSSR count). The first kappa shape index (κ1) is 19.8. The Morgan fingerprint density at radius 2 is 1.90 bits per heavy atom. The first-order chi connectivity index (χ1) is 14.1. The van der Waals surface area contributed by atoms with Crippen LogP contribution < -0.4 is 5.73 Å². The molecule has 0 aromatic heterocycles. The van der Waals surface area contributed by atoms with Gasteiger partial charge in [-0.25, -0.2) is 0 Å². The van der Waals surface area contributed by atoms with Crippen molar-refractivity contribution < 1.29 is 39.6 Å². The Hall–Kier alpha value is -3.46. The number of Topliss-reactive ketones (excluding diaryl/α,β-unsaturated/α-hetero) is 2. The lowest BCUT2D eigenvalue weighted by Crippen LogP contribution is -2.62. The number of aliphatic hydroxyl groups excluding tert-OH is 2. The van der Waals surface area contributed by atoms with Crippen molar-refractivity contribution in [2.24, 2.45) is 23.5 Å². The smallest absolute Gasteiger partial charge is 0.255 e. The van der Waals surface area contributed by atoms with E-state index in [-0.39, 0.29) is 16.9 Å². The lowest BCUT2D eigenvalue weighted by molar-refractivity contribution is -0.154. The lowest BCUT2D eigenvalue weighted by Gasteiger charge is -2.50. The van der Waals surface area contributed by atoms with Crippen molar-refractivity contribution in [3.8, 4) is 5.75 Å². The van der Waals surface area contributed by atoms with E-state index in [4.69, 9.17) is 5.73 Å². The molecule has 0 radical (unpaired) electrons. The Bertz CT molecular complexity index is 1100. The number of carbonyl (C=O) groups excluding carboxylic acids is 4. The standard InChI is InChI=1S/C21H19NO8/c1-7-8-3-2-4-11(24)14(8)17(26)16-13(7)9(6-23)10-5-12(25)15(20(22)29)18(27)21(10,30)19(16)28/h2-4,6-7,9-10,13,24,26-27,30H,5H2,1H3,(H2,22,29)/t7-,9+,10+,13-,21+/m0/s1. The van der Waals surface area contributed by atoms with Gasteiger partial charge in [0.05, 0.1) is 5.56 Å². The van der Waals surface area contributed by atoms with E-state index in [1.54, 1.807) is 19.1 Å². The molecule has 9 nitrogen and oxygen atoms in total. The average molecular weight is 413 g/mol. The van der Waals surface area contributed by atoms with Gasteiger partial charge in [-0.05, 0) is 17.5 Å². The zero-order valence-corrected chi connectivity index (χ0v) is 15.8. The van der Waals surface area contributed by atoms with Crippen LogP contribution in [-0.2, 0) is 19.2 Å². The summed E-state index contributed by atoms with van der Waals surface area (Å²) in [6, 6.07) is 4.50. The predicted molar refractivity (Wildman–Crippen MR) is 101 cm³/mol. The number of phenols is 1. The molecule has 0 aliphatic heterocycles. The molecule has 1 aromatic rings. The number of aliphatic hydroxyl groups is 3. The Kier molecular flexibility index (Phi) is 4.14. The summed E-state index contributed by atoms with van der Waals surface area (Å²) < 4.78 is 0. The molecule has 0 spiro atoms.